The second-order valence-corrected chi connectivity index (χ2v) is 18.3. The third kappa shape index (κ3) is 7.17. The van der Waals surface area contributed by atoms with Crippen LogP contribution in [0.3, 0.4) is 0 Å². The number of aryl methyl sites for hydroxylation is 4. The summed E-state index contributed by atoms with van der Waals surface area (Å²) in [5, 5.41) is 0. The van der Waals surface area contributed by atoms with Gasteiger partial charge in [0.15, 0.2) is 0 Å². The Morgan fingerprint density at radius 1 is 0.655 bits per heavy atom. The summed E-state index contributed by atoms with van der Waals surface area (Å²) in [4.78, 5) is 2.56. The summed E-state index contributed by atoms with van der Waals surface area (Å²) in [6.07, 6.45) is 6.85. The van der Waals surface area contributed by atoms with Crippen molar-refractivity contribution in [3.63, 3.8) is 0 Å². The topological polar surface area (TPSA) is 3.24 Å². The largest absolute Gasteiger partial charge is 0.332 e. The lowest BCUT2D eigenvalue weighted by Crippen LogP contribution is -2.43. The van der Waals surface area contributed by atoms with Crippen LogP contribution in [0.2, 0.25) is 0 Å². The van der Waals surface area contributed by atoms with E-state index < -0.39 is 0 Å². The highest BCUT2D eigenvalue weighted by Crippen LogP contribution is 2.55. The molecule has 0 fully saturated rings. The van der Waals surface area contributed by atoms with Gasteiger partial charge in [0.05, 0.1) is 5.54 Å². The minimum absolute atomic E-state index is 0.0000235. The van der Waals surface area contributed by atoms with Gasteiger partial charge in [-0.05, 0) is 153 Å². The van der Waals surface area contributed by atoms with Gasteiger partial charge in [-0.1, -0.05) is 154 Å². The summed E-state index contributed by atoms with van der Waals surface area (Å²) < 4.78 is 0. The molecule has 5 aromatic rings. The zero-order valence-electron chi connectivity index (χ0n) is 35.5. The molecule has 0 N–H and O–H groups in total. The number of nitrogens with zero attached hydrogens (tertiary/aromatic N) is 1. The molecule has 0 saturated heterocycles. The summed E-state index contributed by atoms with van der Waals surface area (Å²) >= 11 is 0. The lowest BCUT2D eigenvalue weighted by Gasteiger charge is -2.44. The Balaban J connectivity index is 1.24. The average Bonchev–Trinajstić information content (AvgIpc) is 3.41. The van der Waals surface area contributed by atoms with Gasteiger partial charge in [0.1, 0.15) is 0 Å². The van der Waals surface area contributed by atoms with Crippen LogP contribution in [0.4, 0.5) is 11.4 Å². The second-order valence-electron chi connectivity index (χ2n) is 18.3. The molecule has 3 atom stereocenters. The van der Waals surface area contributed by atoms with Crippen molar-refractivity contribution in [3.8, 4) is 0 Å². The Hall–Kier alpha value is -4.62. The first-order valence-corrected chi connectivity index (χ1v) is 20.8. The van der Waals surface area contributed by atoms with Crippen molar-refractivity contribution in [1.82, 2.24) is 0 Å². The van der Waals surface area contributed by atoms with Crippen LogP contribution in [0.15, 0.2) is 132 Å². The highest BCUT2D eigenvalue weighted by Gasteiger charge is 2.44. The van der Waals surface area contributed by atoms with Crippen molar-refractivity contribution in [2.45, 2.75) is 124 Å². The molecule has 3 unspecified atom stereocenters. The van der Waals surface area contributed by atoms with Crippen LogP contribution in [0.5, 0.6) is 0 Å². The monoisotopic (exact) mass is 725 g/mol. The second kappa shape index (κ2) is 14.8. The van der Waals surface area contributed by atoms with E-state index >= 15 is 0 Å². The molecule has 7 rings (SSSR count). The summed E-state index contributed by atoms with van der Waals surface area (Å²) in [6.45, 7) is 26.0. The minimum Gasteiger partial charge on any atom is -0.332 e. The summed E-state index contributed by atoms with van der Waals surface area (Å²) in [6, 6.07) is 44.3. The summed E-state index contributed by atoms with van der Waals surface area (Å²) in [5.74, 6) is 0.826. The molecule has 5 aromatic carbocycles. The number of fused-ring (bicyclic) bond motifs is 2. The maximum absolute atomic E-state index is 2.62. The molecule has 0 saturated carbocycles. The first-order chi connectivity index (χ1) is 26.1. The summed E-state index contributed by atoms with van der Waals surface area (Å²) in [7, 11) is 0. The van der Waals surface area contributed by atoms with Crippen LogP contribution in [0.25, 0.3) is 5.57 Å². The molecule has 55 heavy (non-hydrogen) atoms. The first kappa shape index (κ1) is 38.6. The van der Waals surface area contributed by atoms with Gasteiger partial charge in [-0.2, -0.15) is 0 Å². The van der Waals surface area contributed by atoms with Gasteiger partial charge in [0.2, 0.25) is 0 Å². The van der Waals surface area contributed by atoms with E-state index in [4.69, 9.17) is 0 Å². The highest BCUT2D eigenvalue weighted by molar-refractivity contribution is 5.84. The van der Waals surface area contributed by atoms with E-state index in [2.05, 4.69) is 202 Å². The third-order valence-electron chi connectivity index (χ3n) is 14.0. The lowest BCUT2D eigenvalue weighted by molar-refractivity contribution is 0.255. The van der Waals surface area contributed by atoms with Crippen molar-refractivity contribution in [2.75, 3.05) is 4.90 Å². The molecular formula is C54H63N. The van der Waals surface area contributed by atoms with E-state index in [9.17, 15) is 0 Å². The van der Waals surface area contributed by atoms with Gasteiger partial charge < -0.3 is 4.90 Å². The first-order valence-electron chi connectivity index (χ1n) is 20.8. The van der Waals surface area contributed by atoms with Crippen LogP contribution in [-0.4, -0.2) is 5.54 Å². The van der Waals surface area contributed by atoms with Crippen LogP contribution in [-0.2, 0) is 17.3 Å². The van der Waals surface area contributed by atoms with Crippen LogP contribution in [0.1, 0.15) is 124 Å². The minimum atomic E-state index is -0.224. The van der Waals surface area contributed by atoms with Crippen molar-refractivity contribution in [3.05, 3.63) is 183 Å². The van der Waals surface area contributed by atoms with Gasteiger partial charge in [0, 0.05) is 16.8 Å². The van der Waals surface area contributed by atoms with E-state index in [1.807, 2.05) is 0 Å². The molecule has 0 amide bonds. The van der Waals surface area contributed by atoms with Gasteiger partial charge in [-0.15, -0.1) is 0 Å². The standard InChI is InChI=1S/C54H63N/c1-12-54(11,40(6)49(42-23-15-37(3)16-24-42)33-41-21-13-36(2)14-22-41)44-26-32-48-47-31-25-43(34-50(47)52(7,8)51(48)35-44)53(9,10)55(45-27-17-38(4)18-28-45)46-29-19-39(5)20-30-46/h13-24,26-30,32,34-35,40,49H,12,25,31,33H2,1-11H3. The Labute approximate surface area is 333 Å². The Morgan fingerprint density at radius 2 is 1.16 bits per heavy atom. The van der Waals surface area contributed by atoms with E-state index in [1.54, 1.807) is 5.57 Å². The van der Waals surface area contributed by atoms with Gasteiger partial charge in [0.25, 0.3) is 0 Å². The fourth-order valence-corrected chi connectivity index (χ4v) is 9.81. The zero-order chi connectivity index (χ0) is 39.3. The Morgan fingerprint density at radius 3 is 1.69 bits per heavy atom. The fourth-order valence-electron chi connectivity index (χ4n) is 9.81. The maximum atomic E-state index is 2.62. The zero-order valence-corrected chi connectivity index (χ0v) is 35.5. The lowest BCUT2D eigenvalue weighted by atomic mass is 9.63. The number of anilines is 2. The molecule has 1 heteroatoms. The number of benzene rings is 5. The fraction of sp³-hybridized carbons (Fsp3) is 0.370. The SMILES string of the molecule is CCC(C)(c1ccc2c(c1)C(C)(C)C1=C2CCC(C(C)(C)N(c2ccc(C)cc2)c2ccc(C)cc2)=C1)C(C)C(Cc1ccc(C)cc1)c1ccc(C)cc1. The van der Waals surface area contributed by atoms with E-state index in [0.717, 1.165) is 25.7 Å². The Kier molecular flexibility index (Phi) is 10.4. The normalized spacial score (nSPS) is 17.2. The van der Waals surface area contributed by atoms with Gasteiger partial charge >= 0.3 is 0 Å². The molecule has 284 valence electrons. The molecule has 0 aliphatic heterocycles. The molecule has 0 radical (unpaired) electrons. The predicted molar refractivity (Wildman–Crippen MR) is 238 cm³/mol. The molecule has 0 bridgehead atoms. The molecule has 2 aliphatic rings. The highest BCUT2D eigenvalue weighted by atomic mass is 15.2. The van der Waals surface area contributed by atoms with E-state index in [1.165, 1.54) is 72.6 Å². The van der Waals surface area contributed by atoms with Crippen molar-refractivity contribution in [1.29, 1.82) is 0 Å². The van der Waals surface area contributed by atoms with Crippen LogP contribution < -0.4 is 4.90 Å². The molecule has 1 nitrogen and oxygen atoms in total. The molecular weight excluding hydrogens is 663 g/mol. The molecule has 0 heterocycles. The van der Waals surface area contributed by atoms with E-state index in [-0.39, 0.29) is 16.4 Å². The predicted octanol–water partition coefficient (Wildman–Crippen LogP) is 14.6. The van der Waals surface area contributed by atoms with E-state index in [0.29, 0.717) is 11.8 Å². The number of allylic oxidation sites excluding steroid dienone is 3. The average molecular weight is 726 g/mol. The third-order valence-corrected chi connectivity index (χ3v) is 14.0. The number of rotatable bonds is 11. The molecule has 0 aromatic heterocycles. The Bertz CT molecular complexity index is 2160. The molecule has 0 spiro atoms. The smallest absolute Gasteiger partial charge is 0.0609 e. The number of hydrogen-bond donors (Lipinski definition) is 0. The van der Waals surface area contributed by atoms with Gasteiger partial charge in [-0.25, -0.2) is 0 Å². The maximum Gasteiger partial charge on any atom is 0.0609 e. The summed E-state index contributed by atoms with van der Waals surface area (Å²) in [5.41, 5.74) is 19.2. The van der Waals surface area contributed by atoms with Gasteiger partial charge in [-0.3, -0.25) is 0 Å². The van der Waals surface area contributed by atoms with Crippen molar-refractivity contribution in [2.24, 2.45) is 5.92 Å². The van der Waals surface area contributed by atoms with Crippen molar-refractivity contribution >= 4 is 16.9 Å². The molecule has 2 aliphatic carbocycles. The van der Waals surface area contributed by atoms with Crippen LogP contribution >= 0.6 is 0 Å². The quantitative estimate of drug-likeness (QED) is 0.131. The number of hydrogen-bond acceptors (Lipinski definition) is 1. The van der Waals surface area contributed by atoms with Crippen LogP contribution in [0, 0.1) is 33.6 Å². The van der Waals surface area contributed by atoms with Crippen molar-refractivity contribution < 1.29 is 0 Å².